The second-order valence-electron chi connectivity index (χ2n) is 5.21. The summed E-state index contributed by atoms with van der Waals surface area (Å²) in [5, 5.41) is 0.688. The fourth-order valence-electron chi connectivity index (χ4n) is 2.29. The lowest BCUT2D eigenvalue weighted by Crippen LogP contribution is -2.26. The highest BCUT2D eigenvalue weighted by atomic mass is 35.5. The van der Waals surface area contributed by atoms with Gasteiger partial charge < -0.3 is 4.79 Å². The second kappa shape index (κ2) is 5.58. The molecule has 0 aromatic heterocycles. The summed E-state index contributed by atoms with van der Waals surface area (Å²) < 4.78 is 0. The summed E-state index contributed by atoms with van der Waals surface area (Å²) in [6, 6.07) is 15.8. The Morgan fingerprint density at radius 3 is 2.42 bits per heavy atom. The maximum absolute atomic E-state index is 11.6. The smallest absolute Gasteiger partial charge is 0.130 e. The molecule has 2 aromatic rings. The van der Waals surface area contributed by atoms with Gasteiger partial charge in [0.1, 0.15) is 6.29 Å². The summed E-state index contributed by atoms with van der Waals surface area (Å²) >= 11 is 5.90. The molecule has 0 radical (unpaired) electrons. The summed E-state index contributed by atoms with van der Waals surface area (Å²) in [5.41, 5.74) is 2.86. The van der Waals surface area contributed by atoms with Gasteiger partial charge in [-0.15, -0.1) is 0 Å². The van der Waals surface area contributed by atoms with Gasteiger partial charge in [-0.25, -0.2) is 0 Å². The van der Waals surface area contributed by atoms with Crippen molar-refractivity contribution in [3.63, 3.8) is 0 Å². The quantitative estimate of drug-likeness (QED) is 0.757. The largest absolute Gasteiger partial charge is 0.302 e. The van der Waals surface area contributed by atoms with Crippen molar-refractivity contribution in [1.29, 1.82) is 0 Å². The number of rotatable bonds is 4. The van der Waals surface area contributed by atoms with Crippen molar-refractivity contribution >= 4 is 17.9 Å². The van der Waals surface area contributed by atoms with Crippen molar-refractivity contribution in [2.24, 2.45) is 0 Å². The molecule has 2 rings (SSSR count). The number of carbonyl (C=O) groups excluding carboxylic acids is 1. The van der Waals surface area contributed by atoms with E-state index in [-0.39, 0.29) is 0 Å². The van der Waals surface area contributed by atoms with Crippen molar-refractivity contribution in [2.75, 3.05) is 0 Å². The van der Waals surface area contributed by atoms with Gasteiger partial charge in [0.25, 0.3) is 0 Å². The fraction of sp³-hybridized carbons (Fsp3) is 0.235. The van der Waals surface area contributed by atoms with Crippen molar-refractivity contribution < 1.29 is 4.79 Å². The first kappa shape index (κ1) is 13.8. The number of aldehydes is 1. The molecule has 0 aliphatic heterocycles. The van der Waals surface area contributed by atoms with Crippen LogP contribution in [0, 0.1) is 6.92 Å². The average Bonchev–Trinajstić information content (AvgIpc) is 2.39. The van der Waals surface area contributed by atoms with Crippen LogP contribution in [0.15, 0.2) is 48.5 Å². The van der Waals surface area contributed by atoms with E-state index in [1.165, 1.54) is 11.1 Å². The molecule has 1 nitrogen and oxygen atoms in total. The molecule has 0 N–H and O–H groups in total. The number of carbonyl (C=O) groups is 1. The van der Waals surface area contributed by atoms with Gasteiger partial charge in [-0.3, -0.25) is 0 Å². The first-order valence-corrected chi connectivity index (χ1v) is 6.69. The van der Waals surface area contributed by atoms with E-state index in [1.807, 2.05) is 37.3 Å². The van der Waals surface area contributed by atoms with Crippen LogP contribution in [0.3, 0.4) is 0 Å². The third kappa shape index (κ3) is 3.24. The highest BCUT2D eigenvalue weighted by Gasteiger charge is 2.26. The van der Waals surface area contributed by atoms with Crippen LogP contribution in [0.2, 0.25) is 5.02 Å². The van der Waals surface area contributed by atoms with Crippen LogP contribution < -0.4 is 0 Å². The van der Waals surface area contributed by atoms with Gasteiger partial charge in [0.15, 0.2) is 0 Å². The van der Waals surface area contributed by atoms with E-state index in [1.54, 1.807) is 0 Å². The van der Waals surface area contributed by atoms with Gasteiger partial charge in [-0.05, 0) is 43.5 Å². The average molecular weight is 273 g/mol. The first-order chi connectivity index (χ1) is 9.03. The molecule has 0 fully saturated rings. The van der Waals surface area contributed by atoms with Crippen molar-refractivity contribution in [3.05, 3.63) is 70.2 Å². The molecule has 0 heterocycles. The summed E-state index contributed by atoms with van der Waals surface area (Å²) in [6.45, 7) is 4.02. The SMILES string of the molecule is Cc1cccc(CC(C)(C=O)c2ccc(Cl)cc2)c1. The van der Waals surface area contributed by atoms with Gasteiger partial charge >= 0.3 is 0 Å². The minimum absolute atomic E-state index is 0.515. The summed E-state index contributed by atoms with van der Waals surface area (Å²) in [6.07, 6.45) is 1.72. The van der Waals surface area contributed by atoms with E-state index >= 15 is 0 Å². The minimum atomic E-state index is -0.515. The molecule has 0 spiro atoms. The van der Waals surface area contributed by atoms with Gasteiger partial charge in [0.05, 0.1) is 5.41 Å². The van der Waals surface area contributed by atoms with Crippen LogP contribution in [0.4, 0.5) is 0 Å². The molecular formula is C17H17ClO. The Balaban J connectivity index is 2.32. The molecule has 0 saturated carbocycles. The van der Waals surface area contributed by atoms with E-state index in [0.29, 0.717) is 11.4 Å². The number of benzene rings is 2. The predicted octanol–water partition coefficient (Wildman–Crippen LogP) is 4.35. The molecule has 0 aliphatic carbocycles. The Hall–Kier alpha value is -1.60. The predicted molar refractivity (Wildman–Crippen MR) is 79.8 cm³/mol. The zero-order chi connectivity index (χ0) is 13.9. The van der Waals surface area contributed by atoms with Crippen LogP contribution in [-0.2, 0) is 16.6 Å². The molecule has 1 unspecified atom stereocenters. The highest BCUT2D eigenvalue weighted by molar-refractivity contribution is 6.30. The topological polar surface area (TPSA) is 17.1 Å². The molecular weight excluding hydrogens is 256 g/mol. The molecule has 0 saturated heterocycles. The lowest BCUT2D eigenvalue weighted by molar-refractivity contribution is -0.112. The maximum Gasteiger partial charge on any atom is 0.130 e. The summed E-state index contributed by atoms with van der Waals surface area (Å²) in [7, 11) is 0. The lowest BCUT2D eigenvalue weighted by Gasteiger charge is -2.24. The van der Waals surface area contributed by atoms with Gasteiger partial charge in [0, 0.05) is 5.02 Å². The van der Waals surface area contributed by atoms with E-state index in [0.717, 1.165) is 11.8 Å². The van der Waals surface area contributed by atoms with Crippen molar-refractivity contribution in [2.45, 2.75) is 25.7 Å². The number of hydrogen-bond acceptors (Lipinski definition) is 1. The van der Waals surface area contributed by atoms with Crippen LogP contribution in [0.25, 0.3) is 0 Å². The third-order valence-electron chi connectivity index (χ3n) is 3.42. The zero-order valence-corrected chi connectivity index (χ0v) is 11.9. The summed E-state index contributed by atoms with van der Waals surface area (Å²) in [4.78, 5) is 11.6. The van der Waals surface area contributed by atoms with Gasteiger partial charge in [0.2, 0.25) is 0 Å². The Bertz CT molecular complexity index is 574. The number of halogens is 1. The second-order valence-corrected chi connectivity index (χ2v) is 5.64. The Morgan fingerprint density at radius 2 is 1.84 bits per heavy atom. The van der Waals surface area contributed by atoms with Crippen LogP contribution >= 0.6 is 11.6 Å². The third-order valence-corrected chi connectivity index (χ3v) is 3.67. The molecule has 2 heteroatoms. The van der Waals surface area contributed by atoms with E-state index in [4.69, 9.17) is 11.6 Å². The number of hydrogen-bond donors (Lipinski definition) is 0. The van der Waals surface area contributed by atoms with E-state index in [9.17, 15) is 4.79 Å². The van der Waals surface area contributed by atoms with E-state index < -0.39 is 5.41 Å². The molecule has 1 atom stereocenters. The standard InChI is InChI=1S/C17H17ClO/c1-13-4-3-5-14(10-13)11-17(2,12-19)15-6-8-16(18)9-7-15/h3-10,12H,11H2,1-2H3. The Labute approximate surface area is 119 Å². The van der Waals surface area contributed by atoms with Crippen LogP contribution in [0.5, 0.6) is 0 Å². The van der Waals surface area contributed by atoms with Gasteiger partial charge in [-0.1, -0.05) is 53.6 Å². The molecule has 19 heavy (non-hydrogen) atoms. The molecule has 0 aliphatic rings. The molecule has 0 amide bonds. The van der Waals surface area contributed by atoms with Gasteiger partial charge in [-0.2, -0.15) is 0 Å². The lowest BCUT2D eigenvalue weighted by atomic mass is 9.78. The first-order valence-electron chi connectivity index (χ1n) is 6.31. The highest BCUT2D eigenvalue weighted by Crippen LogP contribution is 2.27. The fourth-order valence-corrected chi connectivity index (χ4v) is 2.41. The monoisotopic (exact) mass is 272 g/mol. The minimum Gasteiger partial charge on any atom is -0.302 e. The van der Waals surface area contributed by atoms with Crippen LogP contribution in [0.1, 0.15) is 23.6 Å². The van der Waals surface area contributed by atoms with Crippen LogP contribution in [-0.4, -0.2) is 6.29 Å². The molecule has 2 aromatic carbocycles. The normalized spacial score (nSPS) is 13.8. The van der Waals surface area contributed by atoms with E-state index in [2.05, 4.69) is 25.1 Å². The van der Waals surface area contributed by atoms with Crippen molar-refractivity contribution in [3.8, 4) is 0 Å². The van der Waals surface area contributed by atoms with Crippen molar-refractivity contribution in [1.82, 2.24) is 0 Å². The number of aryl methyl sites for hydroxylation is 1. The Morgan fingerprint density at radius 1 is 1.16 bits per heavy atom. The zero-order valence-electron chi connectivity index (χ0n) is 11.2. The molecule has 98 valence electrons. The maximum atomic E-state index is 11.6. The summed E-state index contributed by atoms with van der Waals surface area (Å²) in [5.74, 6) is 0. The Kier molecular flexibility index (Phi) is 4.06. The molecule has 0 bridgehead atoms.